The highest BCUT2D eigenvalue weighted by Crippen LogP contribution is 2.93. The standard InChI is InChI=1S/C27H24O/c28-27-25-21-17-15-13(16-19(17)23(25)24-20(16)18(15)22(21)26(24)27)8-11-7-6-10-5-4-9-2-1-3-12(11)14(9)10/h1-3,6-7,13,15-26H,4-5,8H2. The van der Waals surface area contributed by atoms with E-state index in [-0.39, 0.29) is 0 Å². The molecule has 1 heteroatoms. The van der Waals surface area contributed by atoms with E-state index in [0.717, 1.165) is 70.9 Å². The first kappa shape index (κ1) is 13.6. The van der Waals surface area contributed by atoms with E-state index < -0.39 is 0 Å². The van der Waals surface area contributed by atoms with Gasteiger partial charge in [-0.1, -0.05) is 30.3 Å². The van der Waals surface area contributed by atoms with Crippen LogP contribution in [0.4, 0.5) is 0 Å². The van der Waals surface area contributed by atoms with Crippen molar-refractivity contribution in [1.29, 1.82) is 0 Å². The van der Waals surface area contributed by atoms with E-state index in [9.17, 15) is 4.79 Å². The molecule has 8 atom stereocenters. The fraction of sp³-hybridized carbons (Fsp3) is 0.593. The summed E-state index contributed by atoms with van der Waals surface area (Å²) in [7, 11) is 0. The number of Topliss-reactive ketones (excluding diaryl/α,β-unsaturated/α-hetero) is 1. The van der Waals surface area contributed by atoms with Crippen LogP contribution in [0.1, 0.15) is 16.7 Å². The Labute approximate surface area is 164 Å². The Balaban J connectivity index is 1.13. The van der Waals surface area contributed by atoms with E-state index in [2.05, 4.69) is 30.3 Å². The third-order valence-electron chi connectivity index (χ3n) is 12.1. The molecule has 8 saturated carbocycles. The quantitative estimate of drug-likeness (QED) is 0.782. The molecule has 9 aliphatic carbocycles. The number of aryl methyl sites for hydroxylation is 2. The Hall–Kier alpha value is -1.63. The molecule has 0 aliphatic heterocycles. The van der Waals surface area contributed by atoms with Crippen LogP contribution in [0.5, 0.6) is 0 Å². The lowest BCUT2D eigenvalue weighted by atomic mass is 9.80. The van der Waals surface area contributed by atoms with E-state index in [0.29, 0.717) is 11.8 Å². The molecule has 2 aromatic carbocycles. The second-order valence-corrected chi connectivity index (χ2v) is 11.8. The molecule has 9 aliphatic rings. The van der Waals surface area contributed by atoms with Crippen LogP contribution in [-0.4, -0.2) is 5.78 Å². The van der Waals surface area contributed by atoms with Crippen molar-refractivity contribution in [3.63, 3.8) is 0 Å². The zero-order valence-electron chi connectivity index (χ0n) is 15.9. The molecule has 8 unspecified atom stereocenters. The number of carbonyl (C=O) groups is 1. The molecule has 2 aromatic rings. The summed E-state index contributed by atoms with van der Waals surface area (Å²) in [6.45, 7) is 0. The van der Waals surface area contributed by atoms with Gasteiger partial charge >= 0.3 is 0 Å². The van der Waals surface area contributed by atoms with Gasteiger partial charge in [-0.3, -0.25) is 4.79 Å². The van der Waals surface area contributed by atoms with Gasteiger partial charge in [0.1, 0.15) is 5.78 Å². The lowest BCUT2D eigenvalue weighted by Gasteiger charge is -2.24. The van der Waals surface area contributed by atoms with Crippen molar-refractivity contribution in [2.45, 2.75) is 19.3 Å². The van der Waals surface area contributed by atoms with Gasteiger partial charge < -0.3 is 0 Å². The number of hydrogen-bond acceptors (Lipinski definition) is 1. The Morgan fingerprint density at radius 2 is 1.29 bits per heavy atom. The van der Waals surface area contributed by atoms with Crippen molar-refractivity contribution < 1.29 is 4.79 Å². The van der Waals surface area contributed by atoms with Crippen LogP contribution in [0.2, 0.25) is 0 Å². The fourth-order valence-corrected chi connectivity index (χ4v) is 12.4. The summed E-state index contributed by atoms with van der Waals surface area (Å²) in [6, 6.07) is 12.0. The van der Waals surface area contributed by atoms with Gasteiger partial charge in [-0.25, -0.2) is 0 Å². The third kappa shape index (κ3) is 1.02. The molecule has 0 spiro atoms. The minimum absolute atomic E-state index is 0.551. The molecule has 1 nitrogen and oxygen atoms in total. The lowest BCUT2D eigenvalue weighted by molar-refractivity contribution is -0.122. The zero-order valence-corrected chi connectivity index (χ0v) is 15.9. The summed E-state index contributed by atoms with van der Waals surface area (Å²) in [6.07, 6.45) is 3.81. The van der Waals surface area contributed by atoms with Crippen LogP contribution < -0.4 is 0 Å². The zero-order chi connectivity index (χ0) is 17.6. The number of carbonyl (C=O) groups excluding carboxylic acids is 1. The van der Waals surface area contributed by atoms with E-state index in [1.807, 2.05) is 0 Å². The first-order valence-electron chi connectivity index (χ1n) is 11.9. The third-order valence-corrected chi connectivity index (χ3v) is 12.1. The molecule has 0 amide bonds. The minimum Gasteiger partial charge on any atom is -0.299 e. The van der Waals surface area contributed by atoms with Crippen molar-refractivity contribution in [3.8, 4) is 0 Å². The second-order valence-electron chi connectivity index (χ2n) is 11.8. The highest BCUT2D eigenvalue weighted by atomic mass is 16.1. The van der Waals surface area contributed by atoms with E-state index in [1.165, 1.54) is 19.3 Å². The predicted octanol–water partition coefficient (Wildman–Crippen LogP) is 4.16. The number of rotatable bonds is 2. The summed E-state index contributed by atoms with van der Waals surface area (Å²) < 4.78 is 0. The topological polar surface area (TPSA) is 17.1 Å². The monoisotopic (exact) mass is 364 g/mol. The van der Waals surface area contributed by atoms with Crippen molar-refractivity contribution >= 4 is 16.6 Å². The Morgan fingerprint density at radius 1 is 0.679 bits per heavy atom. The maximum absolute atomic E-state index is 12.9. The van der Waals surface area contributed by atoms with Gasteiger partial charge in [-0.2, -0.15) is 0 Å². The van der Waals surface area contributed by atoms with Crippen LogP contribution >= 0.6 is 0 Å². The van der Waals surface area contributed by atoms with Crippen LogP contribution in [0, 0.1) is 76.9 Å². The van der Waals surface area contributed by atoms with Crippen molar-refractivity contribution in [2.75, 3.05) is 0 Å². The van der Waals surface area contributed by atoms with Gasteiger partial charge in [0, 0.05) is 11.8 Å². The second kappa shape index (κ2) is 3.75. The first-order valence-corrected chi connectivity index (χ1v) is 11.9. The van der Waals surface area contributed by atoms with Gasteiger partial charge in [0.15, 0.2) is 0 Å². The number of ketones is 1. The summed E-state index contributed by atoms with van der Waals surface area (Å²) in [5.41, 5.74) is 4.82. The molecular weight excluding hydrogens is 340 g/mol. The van der Waals surface area contributed by atoms with Crippen molar-refractivity contribution in [1.82, 2.24) is 0 Å². The molecule has 0 N–H and O–H groups in total. The molecule has 4 bridgehead atoms. The summed E-state index contributed by atoms with van der Waals surface area (Å²) in [5, 5.41) is 3.18. The smallest absolute Gasteiger partial charge is 0.140 e. The van der Waals surface area contributed by atoms with E-state index in [4.69, 9.17) is 0 Å². The molecule has 11 rings (SSSR count). The maximum Gasteiger partial charge on any atom is 0.140 e. The minimum atomic E-state index is 0.551. The highest BCUT2D eigenvalue weighted by molar-refractivity contribution is 5.94. The average Bonchev–Trinajstić information content (AvgIpc) is 3.48. The van der Waals surface area contributed by atoms with Crippen LogP contribution in [0.15, 0.2) is 30.3 Å². The predicted molar refractivity (Wildman–Crippen MR) is 105 cm³/mol. The van der Waals surface area contributed by atoms with Crippen LogP contribution in [0.25, 0.3) is 10.8 Å². The molecule has 0 saturated heterocycles. The summed E-state index contributed by atoms with van der Waals surface area (Å²) >= 11 is 0. The number of benzene rings is 2. The fourth-order valence-electron chi connectivity index (χ4n) is 12.4. The lowest BCUT2D eigenvalue weighted by Crippen LogP contribution is -2.21. The molecular formula is C27H24O. The number of hydrogen-bond donors (Lipinski definition) is 0. The van der Waals surface area contributed by atoms with Crippen LogP contribution in [0.3, 0.4) is 0 Å². The largest absolute Gasteiger partial charge is 0.299 e. The summed E-state index contributed by atoms with van der Waals surface area (Å²) in [4.78, 5) is 12.9. The van der Waals surface area contributed by atoms with Gasteiger partial charge in [-0.05, 0) is 112 Å². The van der Waals surface area contributed by atoms with E-state index in [1.54, 1.807) is 27.5 Å². The molecule has 0 heterocycles. The summed E-state index contributed by atoms with van der Waals surface area (Å²) in [5.74, 6) is 12.1. The van der Waals surface area contributed by atoms with Gasteiger partial charge in [0.2, 0.25) is 0 Å². The SMILES string of the molecule is O=C1C2C3C4C1C1C2C2C5C(Cc6ccc7c8c(cccc68)CC7)C(C32)C4C51. The molecule has 0 radical (unpaired) electrons. The van der Waals surface area contributed by atoms with Gasteiger partial charge in [-0.15, -0.1) is 0 Å². The highest BCUT2D eigenvalue weighted by Gasteiger charge is 2.92. The van der Waals surface area contributed by atoms with Crippen molar-refractivity contribution in [2.24, 2.45) is 76.9 Å². The molecule has 8 fully saturated rings. The van der Waals surface area contributed by atoms with Crippen LogP contribution in [-0.2, 0) is 24.1 Å². The molecule has 138 valence electrons. The Bertz CT molecular complexity index is 1090. The average molecular weight is 364 g/mol. The normalized spacial score (nSPS) is 58.3. The van der Waals surface area contributed by atoms with Gasteiger partial charge in [0.05, 0.1) is 0 Å². The van der Waals surface area contributed by atoms with Crippen molar-refractivity contribution in [3.05, 3.63) is 47.0 Å². The molecule has 0 aromatic heterocycles. The first-order chi connectivity index (χ1) is 13.8. The van der Waals surface area contributed by atoms with Gasteiger partial charge in [0.25, 0.3) is 0 Å². The Morgan fingerprint density at radius 3 is 1.93 bits per heavy atom. The molecule has 28 heavy (non-hydrogen) atoms. The Kier molecular flexibility index (Phi) is 1.82. The van der Waals surface area contributed by atoms with E-state index >= 15 is 0 Å². The maximum atomic E-state index is 12.9.